The summed E-state index contributed by atoms with van der Waals surface area (Å²) in [6.07, 6.45) is 0. The molecular weight excluding hydrogens is 520 g/mol. The van der Waals surface area contributed by atoms with Gasteiger partial charge in [0, 0.05) is 47.8 Å². The fraction of sp³-hybridized carbons (Fsp3) is 0. The third kappa shape index (κ3) is 4.24. The summed E-state index contributed by atoms with van der Waals surface area (Å²) in [5, 5.41) is 3.49. The predicted molar refractivity (Wildman–Crippen MR) is 170 cm³/mol. The van der Waals surface area contributed by atoms with Gasteiger partial charge in [0.2, 0.25) is 0 Å². The number of hydrogen-bond donors (Lipinski definition) is 0. The summed E-state index contributed by atoms with van der Waals surface area (Å²) in [5.41, 5.74) is 6.01. The molecule has 8 rings (SSSR count). The molecule has 0 aliphatic rings. The van der Waals surface area contributed by atoms with Crippen molar-refractivity contribution in [2.45, 2.75) is 0 Å². The first-order valence-corrected chi connectivity index (χ1v) is 14.3. The fourth-order valence-corrected chi connectivity index (χ4v) is 6.50. The smallest absolute Gasteiger partial charge is 0.164 e. The van der Waals surface area contributed by atoms with Crippen molar-refractivity contribution in [3.63, 3.8) is 0 Å². The second-order valence-electron chi connectivity index (χ2n) is 9.92. The molecule has 0 bridgehead atoms. The van der Waals surface area contributed by atoms with Gasteiger partial charge in [0.1, 0.15) is 0 Å². The van der Waals surface area contributed by atoms with E-state index in [4.69, 9.17) is 19.9 Å². The van der Waals surface area contributed by atoms with Crippen molar-refractivity contribution in [3.05, 3.63) is 133 Å². The zero-order valence-electron chi connectivity index (χ0n) is 21.9. The van der Waals surface area contributed by atoms with Gasteiger partial charge in [-0.2, -0.15) is 0 Å². The maximum absolute atomic E-state index is 5.00. The summed E-state index contributed by atoms with van der Waals surface area (Å²) < 4.78 is 2.41. The van der Waals surface area contributed by atoms with Crippen LogP contribution >= 0.6 is 11.3 Å². The lowest BCUT2D eigenvalue weighted by molar-refractivity contribution is 1.08. The molecule has 0 amide bonds. The van der Waals surface area contributed by atoms with Crippen LogP contribution in [-0.4, -0.2) is 19.9 Å². The molecule has 3 aromatic heterocycles. The molecule has 0 saturated carbocycles. The van der Waals surface area contributed by atoms with E-state index in [0.29, 0.717) is 17.5 Å². The lowest BCUT2D eigenvalue weighted by Gasteiger charge is -2.09. The molecule has 5 aromatic carbocycles. The Balaban J connectivity index is 1.31. The van der Waals surface area contributed by atoms with Crippen LogP contribution in [0, 0.1) is 0 Å². The molecule has 0 saturated heterocycles. The summed E-state index contributed by atoms with van der Waals surface area (Å²) in [7, 11) is 0. The number of nitrogens with zero attached hydrogens (tertiary/aromatic N) is 4. The number of hydrogen-bond acceptors (Lipinski definition) is 5. The Morgan fingerprint density at radius 2 is 1.12 bits per heavy atom. The minimum Gasteiger partial charge on any atom is -0.248 e. The van der Waals surface area contributed by atoms with Crippen molar-refractivity contribution >= 4 is 42.4 Å². The second kappa shape index (κ2) is 9.73. The first kappa shape index (κ1) is 23.6. The molecule has 192 valence electrons. The molecule has 0 radical (unpaired) electrons. The van der Waals surface area contributed by atoms with Gasteiger partial charge < -0.3 is 0 Å². The van der Waals surface area contributed by atoms with Crippen LogP contribution in [0.4, 0.5) is 0 Å². The molecule has 3 heterocycles. The minimum atomic E-state index is 0.663. The Kier molecular flexibility index (Phi) is 5.61. The number of pyridine rings is 1. The van der Waals surface area contributed by atoms with E-state index < -0.39 is 0 Å². The van der Waals surface area contributed by atoms with Crippen LogP contribution in [0.5, 0.6) is 0 Å². The number of aromatic nitrogens is 4. The van der Waals surface area contributed by atoms with Crippen LogP contribution in [0.3, 0.4) is 0 Å². The quantitative estimate of drug-likeness (QED) is 0.222. The van der Waals surface area contributed by atoms with E-state index in [2.05, 4.69) is 60.7 Å². The minimum absolute atomic E-state index is 0.663. The van der Waals surface area contributed by atoms with E-state index >= 15 is 0 Å². The maximum Gasteiger partial charge on any atom is 0.164 e. The number of para-hydroxylation sites is 1. The topological polar surface area (TPSA) is 51.6 Å². The largest absolute Gasteiger partial charge is 0.248 e. The average molecular weight is 543 g/mol. The number of rotatable bonds is 4. The first-order chi connectivity index (χ1) is 20.3. The van der Waals surface area contributed by atoms with E-state index in [1.807, 2.05) is 72.8 Å². The molecule has 0 fully saturated rings. The van der Waals surface area contributed by atoms with Gasteiger partial charge in [-0.3, -0.25) is 0 Å². The molecule has 41 heavy (non-hydrogen) atoms. The van der Waals surface area contributed by atoms with Gasteiger partial charge >= 0.3 is 0 Å². The van der Waals surface area contributed by atoms with Crippen LogP contribution in [0.2, 0.25) is 0 Å². The Bertz CT molecular complexity index is 2150. The fourth-order valence-electron chi connectivity index (χ4n) is 5.33. The van der Waals surface area contributed by atoms with E-state index in [9.17, 15) is 0 Å². The maximum atomic E-state index is 5.00. The Morgan fingerprint density at radius 3 is 1.88 bits per heavy atom. The number of thiophene rings is 1. The van der Waals surface area contributed by atoms with Crippen LogP contribution in [0.15, 0.2) is 133 Å². The molecule has 4 nitrogen and oxygen atoms in total. The van der Waals surface area contributed by atoms with Gasteiger partial charge in [-0.05, 0) is 24.3 Å². The normalized spacial score (nSPS) is 11.4. The highest BCUT2D eigenvalue weighted by atomic mass is 32.1. The number of fused-ring (bicyclic) bond motifs is 4. The van der Waals surface area contributed by atoms with Gasteiger partial charge in [0.15, 0.2) is 17.5 Å². The molecule has 0 aliphatic heterocycles. The monoisotopic (exact) mass is 542 g/mol. The summed E-state index contributed by atoms with van der Waals surface area (Å²) in [4.78, 5) is 19.8. The molecule has 0 atom stereocenters. The zero-order valence-corrected chi connectivity index (χ0v) is 22.7. The second-order valence-corrected chi connectivity index (χ2v) is 11.0. The highest BCUT2D eigenvalue weighted by Gasteiger charge is 2.17. The van der Waals surface area contributed by atoms with Gasteiger partial charge in [0.05, 0.1) is 11.2 Å². The van der Waals surface area contributed by atoms with Gasteiger partial charge in [-0.25, -0.2) is 19.9 Å². The molecule has 0 spiro atoms. The summed E-state index contributed by atoms with van der Waals surface area (Å²) in [5.74, 6) is 1.99. The molecule has 8 aromatic rings. The van der Waals surface area contributed by atoms with E-state index in [1.54, 1.807) is 11.3 Å². The van der Waals surface area contributed by atoms with Crippen LogP contribution in [0.1, 0.15) is 0 Å². The van der Waals surface area contributed by atoms with Crippen molar-refractivity contribution in [2.75, 3.05) is 0 Å². The van der Waals surface area contributed by atoms with Crippen LogP contribution in [0.25, 0.3) is 76.5 Å². The summed E-state index contributed by atoms with van der Waals surface area (Å²) >= 11 is 1.79. The van der Waals surface area contributed by atoms with E-state index in [-0.39, 0.29) is 0 Å². The first-order valence-electron chi connectivity index (χ1n) is 13.5. The van der Waals surface area contributed by atoms with Crippen molar-refractivity contribution in [2.24, 2.45) is 0 Å². The Hall–Kier alpha value is -5.26. The van der Waals surface area contributed by atoms with Gasteiger partial charge in [-0.1, -0.05) is 109 Å². The molecule has 0 aliphatic carbocycles. The third-order valence-corrected chi connectivity index (χ3v) is 8.45. The SMILES string of the molecule is c1ccc(-c2nc(-c3ccccc3)nc(-c3cccc4sc5cc(-c6ccc7ccccc7n6)ccc5c34)n2)cc1. The van der Waals surface area contributed by atoms with Crippen LogP contribution < -0.4 is 0 Å². The molecular formula is C36H22N4S. The van der Waals surface area contributed by atoms with Crippen molar-refractivity contribution in [1.29, 1.82) is 0 Å². The molecule has 5 heteroatoms. The lowest BCUT2D eigenvalue weighted by Crippen LogP contribution is -2.00. The Labute approximate surface area is 240 Å². The Morgan fingerprint density at radius 1 is 0.439 bits per heavy atom. The highest BCUT2D eigenvalue weighted by Crippen LogP contribution is 2.41. The molecule has 0 unspecified atom stereocenters. The zero-order chi connectivity index (χ0) is 27.2. The summed E-state index contributed by atoms with van der Waals surface area (Å²) in [6, 6.07) is 45.7. The van der Waals surface area contributed by atoms with Crippen molar-refractivity contribution < 1.29 is 0 Å². The van der Waals surface area contributed by atoms with Crippen molar-refractivity contribution in [3.8, 4) is 45.4 Å². The van der Waals surface area contributed by atoms with Gasteiger partial charge in [0.25, 0.3) is 0 Å². The van der Waals surface area contributed by atoms with E-state index in [0.717, 1.165) is 44.2 Å². The standard InChI is InChI=1S/C36H22N4S/c1-3-11-24(12-4-1)34-38-35(25-13-5-2-6-14-25)40-36(39-34)28-15-9-17-31-33(28)27-20-18-26(22-32(27)41-31)30-21-19-23-10-7-8-16-29(23)37-30/h1-22H. The highest BCUT2D eigenvalue weighted by molar-refractivity contribution is 7.26. The third-order valence-electron chi connectivity index (χ3n) is 7.33. The summed E-state index contributed by atoms with van der Waals surface area (Å²) in [6.45, 7) is 0. The average Bonchev–Trinajstić information content (AvgIpc) is 3.43. The lowest BCUT2D eigenvalue weighted by atomic mass is 10.0. The number of benzene rings is 5. The van der Waals surface area contributed by atoms with Gasteiger partial charge in [-0.15, -0.1) is 11.3 Å². The predicted octanol–water partition coefficient (Wildman–Crippen LogP) is 9.46. The van der Waals surface area contributed by atoms with E-state index in [1.165, 1.54) is 14.8 Å². The van der Waals surface area contributed by atoms with Crippen LogP contribution in [-0.2, 0) is 0 Å². The van der Waals surface area contributed by atoms with Crippen molar-refractivity contribution in [1.82, 2.24) is 19.9 Å². The molecule has 0 N–H and O–H groups in total.